The van der Waals surface area contributed by atoms with Gasteiger partial charge < -0.3 is 14.6 Å². The van der Waals surface area contributed by atoms with Crippen LogP contribution in [0.25, 0.3) is 0 Å². The lowest BCUT2D eigenvalue weighted by atomic mass is 10.2. The standard InChI is InChI=1S/C8H10O5/c1-12-7(10)5-4-3(2-9)13-8(11)6(4)5/h3-6,9H,2H2,1H3/t3-,4+,5+,6+/m1/s1. The van der Waals surface area contributed by atoms with E-state index in [4.69, 9.17) is 9.84 Å². The van der Waals surface area contributed by atoms with Crippen LogP contribution in [0, 0.1) is 17.8 Å². The predicted molar refractivity (Wildman–Crippen MR) is 39.5 cm³/mol. The summed E-state index contributed by atoms with van der Waals surface area (Å²) in [5, 5.41) is 8.82. The molecule has 2 aliphatic rings. The number of cyclic esters (lactones) is 1. The van der Waals surface area contributed by atoms with E-state index in [1.165, 1.54) is 7.11 Å². The molecular weight excluding hydrogens is 176 g/mol. The number of hydrogen-bond donors (Lipinski definition) is 1. The Morgan fingerprint density at radius 3 is 2.92 bits per heavy atom. The first-order chi connectivity index (χ1) is 6.20. The molecule has 13 heavy (non-hydrogen) atoms. The van der Waals surface area contributed by atoms with E-state index in [1.54, 1.807) is 0 Å². The predicted octanol–water partition coefficient (Wildman–Crippen LogP) is -1.06. The van der Waals surface area contributed by atoms with Crippen LogP contribution in [0.3, 0.4) is 0 Å². The highest BCUT2D eigenvalue weighted by atomic mass is 16.6. The molecule has 5 heteroatoms. The number of carbonyl (C=O) groups is 2. The highest BCUT2D eigenvalue weighted by Gasteiger charge is 2.69. The van der Waals surface area contributed by atoms with Crippen LogP contribution in [0.1, 0.15) is 0 Å². The number of ether oxygens (including phenoxy) is 2. The molecule has 0 aromatic carbocycles. The molecule has 0 radical (unpaired) electrons. The molecule has 0 spiro atoms. The first-order valence-electron chi connectivity index (χ1n) is 4.10. The summed E-state index contributed by atoms with van der Waals surface area (Å²) in [7, 11) is 1.29. The quantitative estimate of drug-likeness (QED) is 0.556. The maximum atomic E-state index is 11.1. The molecule has 1 saturated heterocycles. The third-order valence-electron chi connectivity index (χ3n) is 2.70. The zero-order valence-corrected chi connectivity index (χ0v) is 7.10. The van der Waals surface area contributed by atoms with E-state index in [-0.39, 0.29) is 36.3 Å². The SMILES string of the molecule is COC(=O)[C@@H]1[C@H]2C(=O)O[C@H](CO)[C@@H]12. The van der Waals surface area contributed by atoms with Gasteiger partial charge in [0.15, 0.2) is 0 Å². The molecule has 2 rings (SSSR count). The summed E-state index contributed by atoms with van der Waals surface area (Å²) in [6.45, 7) is -0.222. The van der Waals surface area contributed by atoms with Crippen LogP contribution in [0.5, 0.6) is 0 Å². The second kappa shape index (κ2) is 2.70. The maximum Gasteiger partial charge on any atom is 0.310 e. The smallest absolute Gasteiger partial charge is 0.310 e. The number of aliphatic hydroxyl groups is 1. The summed E-state index contributed by atoms with van der Waals surface area (Å²) in [5.74, 6) is -1.69. The number of carbonyl (C=O) groups excluding carboxylic acids is 2. The Bertz CT molecular complexity index is 259. The zero-order chi connectivity index (χ0) is 9.59. The summed E-state index contributed by atoms with van der Waals surface area (Å²) < 4.78 is 9.32. The van der Waals surface area contributed by atoms with Gasteiger partial charge in [0.1, 0.15) is 6.10 Å². The fourth-order valence-corrected chi connectivity index (χ4v) is 2.01. The van der Waals surface area contributed by atoms with Gasteiger partial charge in [0.25, 0.3) is 0 Å². The number of rotatable bonds is 2. The number of methoxy groups -OCH3 is 1. The average Bonchev–Trinajstić information content (AvgIpc) is 2.79. The van der Waals surface area contributed by atoms with Gasteiger partial charge in [-0.25, -0.2) is 0 Å². The molecule has 1 saturated carbocycles. The zero-order valence-electron chi connectivity index (χ0n) is 7.10. The van der Waals surface area contributed by atoms with Crippen molar-refractivity contribution in [3.05, 3.63) is 0 Å². The monoisotopic (exact) mass is 186 g/mol. The van der Waals surface area contributed by atoms with E-state index < -0.39 is 6.10 Å². The highest BCUT2D eigenvalue weighted by Crippen LogP contribution is 2.55. The number of hydrogen-bond acceptors (Lipinski definition) is 5. The molecule has 1 N–H and O–H groups in total. The van der Waals surface area contributed by atoms with Crippen LogP contribution in [0.2, 0.25) is 0 Å². The summed E-state index contributed by atoms with van der Waals surface area (Å²) in [5.41, 5.74) is 0. The minimum Gasteiger partial charge on any atom is -0.469 e. The Hall–Kier alpha value is -1.10. The van der Waals surface area contributed by atoms with Crippen molar-refractivity contribution in [2.45, 2.75) is 6.10 Å². The molecule has 1 aliphatic carbocycles. The van der Waals surface area contributed by atoms with Gasteiger partial charge in [0, 0.05) is 5.92 Å². The van der Waals surface area contributed by atoms with Crippen LogP contribution in [-0.2, 0) is 19.1 Å². The van der Waals surface area contributed by atoms with Crippen LogP contribution in [0.4, 0.5) is 0 Å². The molecule has 0 amide bonds. The van der Waals surface area contributed by atoms with Gasteiger partial charge in [0.2, 0.25) is 0 Å². The summed E-state index contributed by atoms with van der Waals surface area (Å²) in [6, 6.07) is 0. The first kappa shape index (κ1) is 8.50. The maximum absolute atomic E-state index is 11.1. The number of aliphatic hydroxyl groups excluding tert-OH is 1. The van der Waals surface area contributed by atoms with E-state index in [9.17, 15) is 9.59 Å². The molecule has 1 aliphatic heterocycles. The third kappa shape index (κ3) is 1.03. The highest BCUT2D eigenvalue weighted by molar-refractivity contribution is 5.90. The van der Waals surface area contributed by atoms with Gasteiger partial charge in [-0.3, -0.25) is 9.59 Å². The molecule has 0 bridgehead atoms. The van der Waals surface area contributed by atoms with Crippen molar-refractivity contribution < 1.29 is 24.2 Å². The topological polar surface area (TPSA) is 72.8 Å². The van der Waals surface area contributed by atoms with E-state index in [0.717, 1.165) is 0 Å². The van der Waals surface area contributed by atoms with Crippen molar-refractivity contribution in [2.75, 3.05) is 13.7 Å². The molecule has 2 fully saturated rings. The molecule has 5 nitrogen and oxygen atoms in total. The van der Waals surface area contributed by atoms with Gasteiger partial charge >= 0.3 is 11.9 Å². The van der Waals surface area contributed by atoms with Crippen LogP contribution >= 0.6 is 0 Å². The second-order valence-corrected chi connectivity index (χ2v) is 3.31. The third-order valence-corrected chi connectivity index (χ3v) is 2.70. The van der Waals surface area contributed by atoms with Crippen LogP contribution in [0.15, 0.2) is 0 Å². The minimum absolute atomic E-state index is 0.162. The lowest BCUT2D eigenvalue weighted by Crippen LogP contribution is -2.23. The Labute approximate surface area is 74.6 Å². The van der Waals surface area contributed by atoms with Crippen LogP contribution in [-0.4, -0.2) is 36.9 Å². The minimum atomic E-state index is -0.512. The number of esters is 2. The summed E-state index contributed by atoms with van der Waals surface area (Å²) >= 11 is 0. The Balaban J connectivity index is 2.08. The molecule has 72 valence electrons. The Morgan fingerprint density at radius 2 is 2.38 bits per heavy atom. The molecule has 1 heterocycles. The van der Waals surface area contributed by atoms with Gasteiger partial charge in [-0.2, -0.15) is 0 Å². The van der Waals surface area contributed by atoms with Crippen molar-refractivity contribution in [2.24, 2.45) is 17.8 Å². The van der Waals surface area contributed by atoms with Crippen LogP contribution < -0.4 is 0 Å². The summed E-state index contributed by atoms with van der Waals surface area (Å²) in [4.78, 5) is 22.2. The second-order valence-electron chi connectivity index (χ2n) is 3.31. The van der Waals surface area contributed by atoms with Gasteiger partial charge in [-0.15, -0.1) is 0 Å². The Morgan fingerprint density at radius 1 is 1.69 bits per heavy atom. The lowest BCUT2D eigenvalue weighted by Gasteiger charge is -2.10. The average molecular weight is 186 g/mol. The van der Waals surface area contributed by atoms with E-state index in [0.29, 0.717) is 0 Å². The molecule has 0 aromatic heterocycles. The van der Waals surface area contributed by atoms with E-state index in [1.807, 2.05) is 0 Å². The fourth-order valence-electron chi connectivity index (χ4n) is 2.01. The van der Waals surface area contributed by atoms with Crippen molar-refractivity contribution >= 4 is 11.9 Å². The largest absolute Gasteiger partial charge is 0.469 e. The molecule has 0 aromatic rings. The van der Waals surface area contributed by atoms with Gasteiger partial charge in [0.05, 0.1) is 25.6 Å². The van der Waals surface area contributed by atoms with Crippen molar-refractivity contribution in [3.8, 4) is 0 Å². The van der Waals surface area contributed by atoms with E-state index >= 15 is 0 Å². The lowest BCUT2D eigenvalue weighted by molar-refractivity contribution is -0.154. The molecular formula is C8H10O5. The Kier molecular flexibility index (Phi) is 1.76. The van der Waals surface area contributed by atoms with E-state index in [2.05, 4.69) is 4.74 Å². The summed E-state index contributed by atoms with van der Waals surface area (Å²) in [6.07, 6.45) is -0.512. The molecule has 4 atom stereocenters. The van der Waals surface area contributed by atoms with Gasteiger partial charge in [-0.1, -0.05) is 0 Å². The normalized spacial score (nSPS) is 40.9. The van der Waals surface area contributed by atoms with Crippen molar-refractivity contribution in [1.29, 1.82) is 0 Å². The first-order valence-corrected chi connectivity index (χ1v) is 4.10. The van der Waals surface area contributed by atoms with Crippen molar-refractivity contribution in [3.63, 3.8) is 0 Å². The fraction of sp³-hybridized carbons (Fsp3) is 0.750. The number of fused-ring (bicyclic) bond motifs is 1. The van der Waals surface area contributed by atoms with Gasteiger partial charge in [-0.05, 0) is 0 Å². The molecule has 0 unspecified atom stereocenters. The van der Waals surface area contributed by atoms with Crippen molar-refractivity contribution in [1.82, 2.24) is 0 Å².